The Balaban J connectivity index is 1.69. The smallest absolute Gasteiger partial charge is 0.315 e. The maximum Gasteiger partial charge on any atom is 0.315 e. The molecule has 1 heterocycles. The molecule has 0 aromatic carbocycles. The van der Waals surface area contributed by atoms with Crippen LogP contribution in [0, 0.1) is 5.92 Å². The van der Waals surface area contributed by atoms with Gasteiger partial charge in [-0.15, -0.1) is 0 Å². The molecule has 2 amide bonds. The van der Waals surface area contributed by atoms with Crippen molar-refractivity contribution in [2.45, 2.75) is 38.3 Å². The SMILES string of the molecule is CC1CNCC(NC(=O)NC2CC2)C1. The van der Waals surface area contributed by atoms with Crippen LogP contribution in [0.1, 0.15) is 26.2 Å². The van der Waals surface area contributed by atoms with Gasteiger partial charge < -0.3 is 16.0 Å². The Bertz CT molecular complexity index is 215. The van der Waals surface area contributed by atoms with Crippen LogP contribution in [0.2, 0.25) is 0 Å². The molecule has 0 radical (unpaired) electrons. The Morgan fingerprint density at radius 3 is 2.57 bits per heavy atom. The summed E-state index contributed by atoms with van der Waals surface area (Å²) in [6, 6.07) is 0.759. The number of urea groups is 1. The lowest BCUT2D eigenvalue weighted by molar-refractivity contribution is 0.229. The molecule has 2 atom stereocenters. The van der Waals surface area contributed by atoms with Crippen LogP contribution in [0.25, 0.3) is 0 Å². The van der Waals surface area contributed by atoms with Gasteiger partial charge in [-0.3, -0.25) is 0 Å². The first-order chi connectivity index (χ1) is 6.74. The van der Waals surface area contributed by atoms with Gasteiger partial charge in [-0.2, -0.15) is 0 Å². The van der Waals surface area contributed by atoms with Crippen LogP contribution in [0.5, 0.6) is 0 Å². The zero-order valence-electron chi connectivity index (χ0n) is 8.68. The van der Waals surface area contributed by atoms with Crippen molar-refractivity contribution in [2.75, 3.05) is 13.1 Å². The molecule has 0 bridgehead atoms. The number of hydrogen-bond donors (Lipinski definition) is 3. The van der Waals surface area contributed by atoms with Crippen LogP contribution in [-0.2, 0) is 0 Å². The van der Waals surface area contributed by atoms with Crippen molar-refractivity contribution in [1.82, 2.24) is 16.0 Å². The zero-order valence-corrected chi connectivity index (χ0v) is 8.68. The average Bonchev–Trinajstić information content (AvgIpc) is 2.87. The molecule has 14 heavy (non-hydrogen) atoms. The highest BCUT2D eigenvalue weighted by Crippen LogP contribution is 2.18. The van der Waals surface area contributed by atoms with E-state index in [0.29, 0.717) is 18.0 Å². The molecule has 4 nitrogen and oxygen atoms in total. The van der Waals surface area contributed by atoms with Gasteiger partial charge in [0.1, 0.15) is 0 Å². The highest BCUT2D eigenvalue weighted by molar-refractivity contribution is 5.74. The van der Waals surface area contributed by atoms with Crippen molar-refractivity contribution >= 4 is 6.03 Å². The minimum atomic E-state index is 0.00778. The maximum absolute atomic E-state index is 11.4. The Labute approximate surface area is 84.8 Å². The van der Waals surface area contributed by atoms with Gasteiger partial charge in [-0.1, -0.05) is 6.92 Å². The molecular weight excluding hydrogens is 178 g/mol. The predicted molar refractivity (Wildman–Crippen MR) is 55.1 cm³/mol. The van der Waals surface area contributed by atoms with Gasteiger partial charge in [0.05, 0.1) is 0 Å². The fourth-order valence-corrected chi connectivity index (χ4v) is 1.91. The molecule has 1 aliphatic carbocycles. The summed E-state index contributed by atoms with van der Waals surface area (Å²) in [7, 11) is 0. The molecule has 2 rings (SSSR count). The van der Waals surface area contributed by atoms with E-state index < -0.39 is 0 Å². The lowest BCUT2D eigenvalue weighted by Crippen LogP contribution is -2.51. The second-order valence-electron chi connectivity index (χ2n) is 4.59. The Morgan fingerprint density at radius 1 is 1.21 bits per heavy atom. The molecule has 80 valence electrons. The number of amides is 2. The summed E-state index contributed by atoms with van der Waals surface area (Å²) in [5, 5.41) is 9.26. The van der Waals surface area contributed by atoms with Crippen LogP contribution < -0.4 is 16.0 Å². The zero-order chi connectivity index (χ0) is 9.97. The number of carbonyl (C=O) groups is 1. The molecular formula is C10H19N3O. The van der Waals surface area contributed by atoms with Gasteiger partial charge in [-0.25, -0.2) is 4.79 Å². The maximum atomic E-state index is 11.4. The summed E-state index contributed by atoms with van der Waals surface area (Å²) in [6.45, 7) is 4.19. The van der Waals surface area contributed by atoms with Crippen molar-refractivity contribution in [3.05, 3.63) is 0 Å². The molecule has 0 aromatic heterocycles. The summed E-state index contributed by atoms with van der Waals surface area (Å²) >= 11 is 0. The molecule has 2 unspecified atom stereocenters. The van der Waals surface area contributed by atoms with E-state index in [-0.39, 0.29) is 6.03 Å². The first kappa shape index (κ1) is 9.77. The number of piperidine rings is 1. The van der Waals surface area contributed by atoms with Crippen LogP contribution in [0.3, 0.4) is 0 Å². The van der Waals surface area contributed by atoms with Gasteiger partial charge in [0.2, 0.25) is 0 Å². The van der Waals surface area contributed by atoms with Crippen molar-refractivity contribution in [3.8, 4) is 0 Å². The molecule has 0 aromatic rings. The highest BCUT2D eigenvalue weighted by Gasteiger charge is 2.25. The molecule has 0 spiro atoms. The molecule has 1 aliphatic heterocycles. The molecule has 3 N–H and O–H groups in total. The Kier molecular flexibility index (Phi) is 2.91. The highest BCUT2D eigenvalue weighted by atomic mass is 16.2. The fraction of sp³-hybridized carbons (Fsp3) is 0.900. The van der Waals surface area contributed by atoms with E-state index in [0.717, 1.165) is 32.4 Å². The first-order valence-corrected chi connectivity index (χ1v) is 5.52. The van der Waals surface area contributed by atoms with E-state index in [1.54, 1.807) is 0 Å². The fourth-order valence-electron chi connectivity index (χ4n) is 1.91. The third-order valence-corrected chi connectivity index (χ3v) is 2.82. The van der Waals surface area contributed by atoms with Crippen LogP contribution in [-0.4, -0.2) is 31.2 Å². The van der Waals surface area contributed by atoms with E-state index in [4.69, 9.17) is 0 Å². The topological polar surface area (TPSA) is 53.2 Å². The van der Waals surface area contributed by atoms with Crippen molar-refractivity contribution < 1.29 is 4.79 Å². The third-order valence-electron chi connectivity index (χ3n) is 2.82. The number of nitrogens with one attached hydrogen (secondary N) is 3. The molecule has 4 heteroatoms. The molecule has 1 saturated heterocycles. The largest absolute Gasteiger partial charge is 0.335 e. The van der Waals surface area contributed by atoms with Crippen LogP contribution in [0.15, 0.2) is 0 Å². The van der Waals surface area contributed by atoms with Gasteiger partial charge in [-0.05, 0) is 31.7 Å². The number of carbonyl (C=O) groups excluding carboxylic acids is 1. The second kappa shape index (κ2) is 4.17. The van der Waals surface area contributed by atoms with E-state index in [9.17, 15) is 4.79 Å². The van der Waals surface area contributed by atoms with Gasteiger partial charge in [0, 0.05) is 18.6 Å². The Morgan fingerprint density at radius 2 is 1.93 bits per heavy atom. The number of hydrogen-bond acceptors (Lipinski definition) is 2. The van der Waals surface area contributed by atoms with Crippen LogP contribution in [0.4, 0.5) is 4.79 Å². The normalized spacial score (nSPS) is 32.4. The number of rotatable bonds is 2. The standard InChI is InChI=1S/C10H19N3O/c1-7-4-9(6-11-5-7)13-10(14)12-8-2-3-8/h7-9,11H,2-6H2,1H3,(H2,12,13,14). The van der Waals surface area contributed by atoms with E-state index in [1.807, 2.05) is 0 Å². The minimum Gasteiger partial charge on any atom is -0.335 e. The molecule has 1 saturated carbocycles. The van der Waals surface area contributed by atoms with Gasteiger partial charge in [0.25, 0.3) is 0 Å². The summed E-state index contributed by atoms with van der Waals surface area (Å²) in [6.07, 6.45) is 3.38. The van der Waals surface area contributed by atoms with Crippen LogP contribution >= 0.6 is 0 Å². The van der Waals surface area contributed by atoms with Gasteiger partial charge in [0.15, 0.2) is 0 Å². The molecule has 2 aliphatic rings. The van der Waals surface area contributed by atoms with Gasteiger partial charge >= 0.3 is 6.03 Å². The summed E-state index contributed by atoms with van der Waals surface area (Å²) in [5.74, 6) is 0.662. The summed E-state index contributed by atoms with van der Waals surface area (Å²) in [5.41, 5.74) is 0. The quantitative estimate of drug-likeness (QED) is 0.602. The lowest BCUT2D eigenvalue weighted by atomic mass is 9.98. The van der Waals surface area contributed by atoms with E-state index in [1.165, 1.54) is 0 Å². The monoisotopic (exact) mass is 197 g/mol. The third kappa shape index (κ3) is 2.87. The summed E-state index contributed by atoms with van der Waals surface area (Å²) in [4.78, 5) is 11.4. The van der Waals surface area contributed by atoms with E-state index in [2.05, 4.69) is 22.9 Å². The van der Waals surface area contributed by atoms with E-state index >= 15 is 0 Å². The first-order valence-electron chi connectivity index (χ1n) is 5.52. The molecule has 2 fully saturated rings. The summed E-state index contributed by atoms with van der Waals surface area (Å²) < 4.78 is 0. The predicted octanol–water partition coefficient (Wildman–Crippen LogP) is 0.446. The van der Waals surface area contributed by atoms with Crippen molar-refractivity contribution in [2.24, 2.45) is 5.92 Å². The lowest BCUT2D eigenvalue weighted by Gasteiger charge is -2.28. The second-order valence-corrected chi connectivity index (χ2v) is 4.59. The average molecular weight is 197 g/mol. The minimum absolute atomic E-state index is 0.00778. The Hall–Kier alpha value is -0.770. The van der Waals surface area contributed by atoms with Crippen molar-refractivity contribution in [1.29, 1.82) is 0 Å². The van der Waals surface area contributed by atoms with Crippen molar-refractivity contribution in [3.63, 3.8) is 0 Å².